The summed E-state index contributed by atoms with van der Waals surface area (Å²) >= 11 is 5.88. The summed E-state index contributed by atoms with van der Waals surface area (Å²) in [5.74, 6) is 0.577. The number of hydrogen-bond donors (Lipinski definition) is 1. The predicted octanol–water partition coefficient (Wildman–Crippen LogP) is 5.64. The van der Waals surface area contributed by atoms with Crippen molar-refractivity contribution in [1.29, 1.82) is 0 Å². The van der Waals surface area contributed by atoms with Gasteiger partial charge >= 0.3 is 0 Å². The Morgan fingerprint density at radius 1 is 0.789 bits per heavy atom. The molecule has 0 aliphatic rings. The maximum Gasteiger partial charge on any atom is 0.0485 e. The number of benzene rings is 2. The lowest BCUT2D eigenvalue weighted by Crippen LogP contribution is -2.06. The first-order valence-corrected chi connectivity index (χ1v) is 7.06. The van der Waals surface area contributed by atoms with Crippen LogP contribution in [0, 0.1) is 0 Å². The van der Waals surface area contributed by atoms with Crippen LogP contribution in [0.25, 0.3) is 0 Å². The Labute approximate surface area is 120 Å². The van der Waals surface area contributed by atoms with E-state index in [0.29, 0.717) is 5.92 Å². The normalized spacial score (nSPS) is 12.5. The molecule has 1 atom stereocenters. The Hall–Kier alpha value is -1.47. The van der Waals surface area contributed by atoms with E-state index in [-0.39, 0.29) is 6.04 Å². The van der Waals surface area contributed by atoms with Gasteiger partial charge in [0.25, 0.3) is 0 Å². The molecule has 19 heavy (non-hydrogen) atoms. The molecule has 0 aliphatic heterocycles. The average molecular weight is 274 g/mol. The monoisotopic (exact) mass is 273 g/mol. The number of halogens is 1. The van der Waals surface area contributed by atoms with Gasteiger partial charge in [0.1, 0.15) is 0 Å². The fourth-order valence-electron chi connectivity index (χ4n) is 2.05. The van der Waals surface area contributed by atoms with Crippen LogP contribution in [0.15, 0.2) is 48.5 Å². The summed E-state index contributed by atoms with van der Waals surface area (Å²) in [4.78, 5) is 0. The maximum absolute atomic E-state index is 5.88. The molecule has 0 amide bonds. The van der Waals surface area contributed by atoms with Crippen LogP contribution >= 0.6 is 11.6 Å². The molecule has 2 rings (SSSR count). The second-order valence-electron chi connectivity index (χ2n) is 5.19. The van der Waals surface area contributed by atoms with Crippen LogP contribution in [0.4, 0.5) is 5.69 Å². The minimum Gasteiger partial charge on any atom is -0.379 e. The van der Waals surface area contributed by atoms with Gasteiger partial charge in [0.05, 0.1) is 0 Å². The lowest BCUT2D eigenvalue weighted by molar-refractivity contribution is 0.852. The molecule has 100 valence electrons. The third kappa shape index (κ3) is 3.74. The predicted molar refractivity (Wildman–Crippen MR) is 84.0 cm³/mol. The topological polar surface area (TPSA) is 12.0 Å². The smallest absolute Gasteiger partial charge is 0.0485 e. The summed E-state index contributed by atoms with van der Waals surface area (Å²) in [7, 11) is 0. The van der Waals surface area contributed by atoms with E-state index in [4.69, 9.17) is 11.6 Å². The summed E-state index contributed by atoms with van der Waals surface area (Å²) in [6, 6.07) is 16.9. The van der Waals surface area contributed by atoms with Gasteiger partial charge in [-0.1, -0.05) is 49.7 Å². The van der Waals surface area contributed by atoms with E-state index in [1.54, 1.807) is 0 Å². The van der Waals surface area contributed by atoms with Gasteiger partial charge in [0.2, 0.25) is 0 Å². The third-order valence-corrected chi connectivity index (χ3v) is 3.58. The molecule has 0 aromatic heterocycles. The number of anilines is 1. The van der Waals surface area contributed by atoms with E-state index in [2.05, 4.69) is 50.4 Å². The molecule has 0 radical (unpaired) electrons. The summed E-state index contributed by atoms with van der Waals surface area (Å²) in [5.41, 5.74) is 3.76. The molecule has 0 saturated heterocycles. The van der Waals surface area contributed by atoms with Crippen molar-refractivity contribution in [1.82, 2.24) is 0 Å². The summed E-state index contributed by atoms with van der Waals surface area (Å²) in [6.07, 6.45) is 0. The van der Waals surface area contributed by atoms with E-state index in [1.807, 2.05) is 24.3 Å². The molecule has 1 nitrogen and oxygen atoms in total. The number of rotatable bonds is 4. The van der Waals surface area contributed by atoms with Crippen LogP contribution in [-0.2, 0) is 0 Å². The Kier molecular flexibility index (Phi) is 4.49. The molecular formula is C17H20ClN. The van der Waals surface area contributed by atoms with E-state index < -0.39 is 0 Å². The molecule has 0 bridgehead atoms. The Balaban J connectivity index is 2.07. The quantitative estimate of drug-likeness (QED) is 0.760. The van der Waals surface area contributed by atoms with Crippen LogP contribution in [0.5, 0.6) is 0 Å². The summed E-state index contributed by atoms with van der Waals surface area (Å²) in [6.45, 7) is 6.59. The lowest BCUT2D eigenvalue weighted by atomic mass is 9.99. The van der Waals surface area contributed by atoms with Gasteiger partial charge < -0.3 is 5.32 Å². The highest BCUT2D eigenvalue weighted by atomic mass is 35.5. The average Bonchev–Trinajstić information content (AvgIpc) is 2.41. The van der Waals surface area contributed by atoms with Crippen LogP contribution in [-0.4, -0.2) is 0 Å². The van der Waals surface area contributed by atoms with Crippen molar-refractivity contribution in [3.8, 4) is 0 Å². The standard InChI is InChI=1S/C17H20ClN/c1-12(2)14-4-6-15(7-5-14)13(3)19-17-10-8-16(18)9-11-17/h4-13,19H,1-3H3. The number of nitrogens with one attached hydrogen (secondary N) is 1. The molecular weight excluding hydrogens is 254 g/mol. The minimum absolute atomic E-state index is 0.280. The molecule has 2 aromatic carbocycles. The maximum atomic E-state index is 5.88. The van der Waals surface area contributed by atoms with E-state index >= 15 is 0 Å². The van der Waals surface area contributed by atoms with Gasteiger partial charge in [-0.25, -0.2) is 0 Å². The Bertz CT molecular complexity index is 514. The van der Waals surface area contributed by atoms with Gasteiger partial charge in [0, 0.05) is 16.8 Å². The highest BCUT2D eigenvalue weighted by Gasteiger charge is 2.06. The molecule has 2 heteroatoms. The fourth-order valence-corrected chi connectivity index (χ4v) is 2.18. The van der Waals surface area contributed by atoms with Crippen molar-refractivity contribution in [2.24, 2.45) is 0 Å². The zero-order valence-electron chi connectivity index (χ0n) is 11.7. The van der Waals surface area contributed by atoms with Crippen molar-refractivity contribution in [3.63, 3.8) is 0 Å². The van der Waals surface area contributed by atoms with Gasteiger partial charge in [-0.3, -0.25) is 0 Å². The number of hydrogen-bond acceptors (Lipinski definition) is 1. The van der Waals surface area contributed by atoms with Crippen LogP contribution in [0.3, 0.4) is 0 Å². The molecule has 0 spiro atoms. The lowest BCUT2D eigenvalue weighted by Gasteiger charge is -2.16. The van der Waals surface area contributed by atoms with Crippen LogP contribution in [0.2, 0.25) is 5.02 Å². The van der Waals surface area contributed by atoms with E-state index in [9.17, 15) is 0 Å². The Morgan fingerprint density at radius 3 is 1.84 bits per heavy atom. The first kappa shape index (κ1) is 14.0. The van der Waals surface area contributed by atoms with Crippen molar-refractivity contribution in [2.75, 3.05) is 5.32 Å². The van der Waals surface area contributed by atoms with Crippen LogP contribution < -0.4 is 5.32 Å². The summed E-state index contributed by atoms with van der Waals surface area (Å²) < 4.78 is 0. The fraction of sp³-hybridized carbons (Fsp3) is 0.294. The molecule has 0 fully saturated rings. The minimum atomic E-state index is 0.280. The van der Waals surface area contributed by atoms with Gasteiger partial charge in [-0.05, 0) is 48.2 Å². The zero-order chi connectivity index (χ0) is 13.8. The molecule has 1 N–H and O–H groups in total. The molecule has 0 saturated carbocycles. The van der Waals surface area contributed by atoms with E-state index in [0.717, 1.165) is 10.7 Å². The van der Waals surface area contributed by atoms with E-state index in [1.165, 1.54) is 11.1 Å². The molecule has 2 aromatic rings. The van der Waals surface area contributed by atoms with Crippen molar-refractivity contribution in [2.45, 2.75) is 32.7 Å². The SMILES string of the molecule is CC(C)c1ccc(C(C)Nc2ccc(Cl)cc2)cc1. The highest BCUT2D eigenvalue weighted by Crippen LogP contribution is 2.22. The van der Waals surface area contributed by atoms with Gasteiger partial charge in [-0.15, -0.1) is 0 Å². The second-order valence-corrected chi connectivity index (χ2v) is 5.63. The molecule has 0 heterocycles. The zero-order valence-corrected chi connectivity index (χ0v) is 12.4. The highest BCUT2D eigenvalue weighted by molar-refractivity contribution is 6.30. The largest absolute Gasteiger partial charge is 0.379 e. The molecule has 1 unspecified atom stereocenters. The first-order chi connectivity index (χ1) is 9.06. The third-order valence-electron chi connectivity index (χ3n) is 3.33. The van der Waals surface area contributed by atoms with Gasteiger partial charge in [0.15, 0.2) is 0 Å². The first-order valence-electron chi connectivity index (χ1n) is 6.68. The van der Waals surface area contributed by atoms with Crippen molar-refractivity contribution >= 4 is 17.3 Å². The van der Waals surface area contributed by atoms with Crippen molar-refractivity contribution < 1.29 is 0 Å². The van der Waals surface area contributed by atoms with Crippen LogP contribution in [0.1, 0.15) is 43.9 Å². The molecule has 0 aliphatic carbocycles. The van der Waals surface area contributed by atoms with Crippen molar-refractivity contribution in [3.05, 3.63) is 64.7 Å². The summed E-state index contributed by atoms with van der Waals surface area (Å²) in [5, 5.41) is 4.24. The van der Waals surface area contributed by atoms with Gasteiger partial charge in [-0.2, -0.15) is 0 Å². The Morgan fingerprint density at radius 2 is 1.32 bits per heavy atom. The second kappa shape index (κ2) is 6.12.